The molecule has 0 saturated heterocycles. The van der Waals surface area contributed by atoms with E-state index in [1.54, 1.807) is 12.4 Å². The van der Waals surface area contributed by atoms with Crippen LogP contribution in [0.3, 0.4) is 0 Å². The summed E-state index contributed by atoms with van der Waals surface area (Å²) in [6.45, 7) is 7.64. The first-order valence-electron chi connectivity index (χ1n) is 10.4. The number of hydrogen-bond acceptors (Lipinski definition) is 6. The van der Waals surface area contributed by atoms with Crippen LogP contribution in [0.4, 0.5) is 5.69 Å². The van der Waals surface area contributed by atoms with Crippen molar-refractivity contribution in [2.45, 2.75) is 44.1 Å². The SMILES string of the molecule is Cc1cccc(C)c1NC(=O)C(C)Sc1nnc(-c2ccncc2)n1CCCN(C)C. The Hall–Kier alpha value is -2.71. The van der Waals surface area contributed by atoms with Crippen molar-refractivity contribution in [2.24, 2.45) is 0 Å². The van der Waals surface area contributed by atoms with Gasteiger partial charge in [0.25, 0.3) is 0 Å². The second kappa shape index (κ2) is 10.5. The van der Waals surface area contributed by atoms with Gasteiger partial charge in [-0.3, -0.25) is 9.78 Å². The minimum atomic E-state index is -0.318. The number of carbonyl (C=O) groups excluding carboxylic acids is 1. The minimum absolute atomic E-state index is 0.0456. The van der Waals surface area contributed by atoms with Crippen molar-refractivity contribution in [1.82, 2.24) is 24.6 Å². The van der Waals surface area contributed by atoms with E-state index in [9.17, 15) is 4.79 Å². The first kappa shape index (κ1) is 23.0. The molecule has 3 aromatic rings. The lowest BCUT2D eigenvalue weighted by molar-refractivity contribution is -0.115. The van der Waals surface area contributed by atoms with Crippen LogP contribution in [0.1, 0.15) is 24.5 Å². The predicted molar refractivity (Wildman–Crippen MR) is 126 cm³/mol. The van der Waals surface area contributed by atoms with Crippen molar-refractivity contribution in [1.29, 1.82) is 0 Å². The number of rotatable bonds is 9. The van der Waals surface area contributed by atoms with Crippen LogP contribution in [0, 0.1) is 13.8 Å². The number of anilines is 1. The number of pyridine rings is 1. The van der Waals surface area contributed by atoms with Gasteiger partial charge >= 0.3 is 0 Å². The molecule has 3 rings (SSSR count). The van der Waals surface area contributed by atoms with Crippen LogP contribution in [0.2, 0.25) is 0 Å². The normalized spacial score (nSPS) is 12.2. The van der Waals surface area contributed by atoms with Gasteiger partial charge in [-0.2, -0.15) is 0 Å². The fourth-order valence-electron chi connectivity index (χ4n) is 3.29. The van der Waals surface area contributed by atoms with E-state index < -0.39 is 0 Å². The summed E-state index contributed by atoms with van der Waals surface area (Å²) in [6, 6.07) is 9.86. The fraction of sp³-hybridized carbons (Fsp3) is 0.391. The third kappa shape index (κ3) is 5.92. The van der Waals surface area contributed by atoms with Gasteiger partial charge in [-0.05, 0) is 71.1 Å². The molecule has 0 fully saturated rings. The Morgan fingerprint density at radius 2 is 1.81 bits per heavy atom. The van der Waals surface area contributed by atoms with Gasteiger partial charge in [-0.1, -0.05) is 30.0 Å². The van der Waals surface area contributed by atoms with E-state index in [-0.39, 0.29) is 11.2 Å². The average molecular weight is 439 g/mol. The Kier molecular flexibility index (Phi) is 7.81. The summed E-state index contributed by atoms with van der Waals surface area (Å²) in [6.07, 6.45) is 4.46. The van der Waals surface area contributed by atoms with Crippen LogP contribution in [0.15, 0.2) is 47.9 Å². The molecule has 2 heterocycles. The van der Waals surface area contributed by atoms with Gasteiger partial charge in [0.05, 0.1) is 5.25 Å². The summed E-state index contributed by atoms with van der Waals surface area (Å²) in [4.78, 5) is 19.2. The van der Waals surface area contributed by atoms with E-state index in [0.29, 0.717) is 0 Å². The van der Waals surface area contributed by atoms with E-state index in [1.165, 1.54) is 11.8 Å². The standard InChI is InChI=1S/C23H30N6OS/c1-16-8-6-9-17(2)20(16)25-22(30)18(3)31-23-27-26-21(19-10-12-24-13-11-19)29(23)15-7-14-28(4)5/h6,8-13,18H,7,14-15H2,1-5H3,(H,25,30). The number of carbonyl (C=O) groups is 1. The maximum Gasteiger partial charge on any atom is 0.237 e. The highest BCUT2D eigenvalue weighted by molar-refractivity contribution is 8.00. The number of thioether (sulfide) groups is 1. The van der Waals surface area contributed by atoms with E-state index in [4.69, 9.17) is 0 Å². The van der Waals surface area contributed by atoms with Gasteiger partial charge in [0, 0.05) is 30.2 Å². The second-order valence-corrected chi connectivity index (χ2v) is 9.17. The molecular formula is C23H30N6OS. The smallest absolute Gasteiger partial charge is 0.237 e. The van der Waals surface area contributed by atoms with Crippen molar-refractivity contribution >= 4 is 23.4 Å². The zero-order chi connectivity index (χ0) is 22.4. The van der Waals surface area contributed by atoms with E-state index in [2.05, 4.69) is 44.1 Å². The van der Waals surface area contributed by atoms with Crippen molar-refractivity contribution in [3.63, 3.8) is 0 Å². The lowest BCUT2D eigenvalue weighted by Gasteiger charge is -2.16. The molecule has 0 bridgehead atoms. The molecule has 1 N–H and O–H groups in total. The summed E-state index contributed by atoms with van der Waals surface area (Å²) >= 11 is 1.43. The minimum Gasteiger partial charge on any atom is -0.325 e. The van der Waals surface area contributed by atoms with Crippen molar-refractivity contribution in [2.75, 3.05) is 26.0 Å². The zero-order valence-corrected chi connectivity index (χ0v) is 19.6. The van der Waals surface area contributed by atoms with Crippen LogP contribution in [-0.4, -0.2) is 56.4 Å². The molecule has 1 unspecified atom stereocenters. The molecular weight excluding hydrogens is 408 g/mol. The fourth-order valence-corrected chi connectivity index (χ4v) is 4.16. The number of aryl methyl sites for hydroxylation is 2. The molecule has 0 aliphatic carbocycles. The van der Waals surface area contributed by atoms with Gasteiger partial charge in [0.2, 0.25) is 5.91 Å². The van der Waals surface area contributed by atoms with Gasteiger partial charge in [-0.25, -0.2) is 0 Å². The van der Waals surface area contributed by atoms with Gasteiger partial charge < -0.3 is 14.8 Å². The van der Waals surface area contributed by atoms with Gasteiger partial charge in [-0.15, -0.1) is 10.2 Å². The molecule has 7 nitrogen and oxygen atoms in total. The molecule has 2 aromatic heterocycles. The molecule has 1 atom stereocenters. The number of nitrogens with one attached hydrogen (secondary N) is 1. The number of nitrogens with zero attached hydrogens (tertiary/aromatic N) is 5. The lowest BCUT2D eigenvalue weighted by atomic mass is 10.1. The van der Waals surface area contributed by atoms with Crippen molar-refractivity contribution < 1.29 is 4.79 Å². The topological polar surface area (TPSA) is 75.9 Å². The number of benzene rings is 1. The van der Waals surface area contributed by atoms with E-state index in [0.717, 1.165) is 52.9 Å². The lowest BCUT2D eigenvalue weighted by Crippen LogP contribution is -2.24. The predicted octanol–water partition coefficient (Wildman–Crippen LogP) is 4.03. The summed E-state index contributed by atoms with van der Waals surface area (Å²) in [7, 11) is 4.12. The summed E-state index contributed by atoms with van der Waals surface area (Å²) in [5, 5.41) is 12.4. The van der Waals surface area contributed by atoms with E-state index in [1.807, 2.05) is 51.1 Å². The Bertz CT molecular complexity index is 998. The third-order valence-electron chi connectivity index (χ3n) is 5.02. The molecule has 1 aromatic carbocycles. The summed E-state index contributed by atoms with van der Waals surface area (Å²) in [5.74, 6) is 0.752. The van der Waals surface area contributed by atoms with Crippen LogP contribution in [0.25, 0.3) is 11.4 Å². The molecule has 0 aliphatic heterocycles. The molecule has 164 valence electrons. The Labute approximate surface area is 188 Å². The number of amides is 1. The molecule has 8 heteroatoms. The van der Waals surface area contributed by atoms with Crippen LogP contribution < -0.4 is 5.32 Å². The van der Waals surface area contributed by atoms with Gasteiger partial charge in [0.1, 0.15) is 0 Å². The highest BCUT2D eigenvalue weighted by Gasteiger charge is 2.21. The third-order valence-corrected chi connectivity index (χ3v) is 6.10. The quantitative estimate of drug-likeness (QED) is 0.509. The van der Waals surface area contributed by atoms with E-state index >= 15 is 0 Å². The number of aromatic nitrogens is 4. The average Bonchev–Trinajstić information content (AvgIpc) is 3.13. The molecule has 31 heavy (non-hydrogen) atoms. The summed E-state index contributed by atoms with van der Waals surface area (Å²) < 4.78 is 2.10. The van der Waals surface area contributed by atoms with Crippen LogP contribution in [0.5, 0.6) is 0 Å². The number of hydrogen-bond donors (Lipinski definition) is 1. The van der Waals surface area contributed by atoms with Crippen molar-refractivity contribution in [3.05, 3.63) is 53.9 Å². The maximum atomic E-state index is 12.9. The molecule has 0 spiro atoms. The summed E-state index contributed by atoms with van der Waals surface area (Å²) in [5.41, 5.74) is 3.95. The first-order valence-corrected chi connectivity index (χ1v) is 11.3. The van der Waals surface area contributed by atoms with Crippen LogP contribution >= 0.6 is 11.8 Å². The largest absolute Gasteiger partial charge is 0.325 e. The van der Waals surface area contributed by atoms with Crippen LogP contribution in [-0.2, 0) is 11.3 Å². The number of para-hydroxylation sites is 1. The molecule has 1 amide bonds. The monoisotopic (exact) mass is 438 g/mol. The molecule has 0 aliphatic rings. The Balaban J connectivity index is 1.79. The highest BCUT2D eigenvalue weighted by Crippen LogP contribution is 2.28. The second-order valence-electron chi connectivity index (χ2n) is 7.87. The highest BCUT2D eigenvalue weighted by atomic mass is 32.2. The Morgan fingerprint density at radius 3 is 2.45 bits per heavy atom. The maximum absolute atomic E-state index is 12.9. The van der Waals surface area contributed by atoms with Crippen molar-refractivity contribution in [3.8, 4) is 11.4 Å². The zero-order valence-electron chi connectivity index (χ0n) is 18.8. The molecule has 0 saturated carbocycles. The first-order chi connectivity index (χ1) is 14.9. The van der Waals surface area contributed by atoms with Gasteiger partial charge in [0.15, 0.2) is 11.0 Å². The molecule has 0 radical (unpaired) electrons. The Morgan fingerprint density at radius 1 is 1.13 bits per heavy atom.